The first-order valence-electron chi connectivity index (χ1n) is 7.01. The number of rotatable bonds is 9. The van der Waals surface area contributed by atoms with E-state index in [1.807, 2.05) is 31.2 Å². The van der Waals surface area contributed by atoms with Crippen LogP contribution in [0.4, 0.5) is 0 Å². The summed E-state index contributed by atoms with van der Waals surface area (Å²) in [6.07, 6.45) is 9.43. The van der Waals surface area contributed by atoms with E-state index in [1.165, 1.54) is 11.2 Å². The molecule has 1 rings (SSSR count). The molecule has 0 aromatic heterocycles. The maximum Gasteiger partial charge on any atom is 0.127 e. The van der Waals surface area contributed by atoms with Gasteiger partial charge in [-0.15, -0.1) is 11.8 Å². The summed E-state index contributed by atoms with van der Waals surface area (Å²) in [5.41, 5.74) is -0.205. The average Bonchev–Trinajstić information content (AvgIpc) is 2.48. The summed E-state index contributed by atoms with van der Waals surface area (Å²) in [5, 5.41) is 0. The van der Waals surface area contributed by atoms with Gasteiger partial charge in [0.2, 0.25) is 0 Å². The normalized spacial score (nSPS) is 14.4. The summed E-state index contributed by atoms with van der Waals surface area (Å²) in [6, 6.07) is 10.3. The van der Waals surface area contributed by atoms with Gasteiger partial charge in [-0.25, -0.2) is 0 Å². The molecule has 0 fully saturated rings. The predicted molar refractivity (Wildman–Crippen MR) is 84.6 cm³/mol. The minimum Gasteiger partial charge on any atom is -0.303 e. The number of benzene rings is 1. The van der Waals surface area contributed by atoms with E-state index in [2.05, 4.69) is 25.1 Å². The highest BCUT2D eigenvalue weighted by Gasteiger charge is 2.27. The average molecular weight is 276 g/mol. The van der Waals surface area contributed by atoms with Crippen molar-refractivity contribution in [1.29, 1.82) is 0 Å². The van der Waals surface area contributed by atoms with Gasteiger partial charge in [0.15, 0.2) is 0 Å². The number of thioether (sulfide) groups is 1. The first-order valence-corrected chi connectivity index (χ1v) is 8.00. The third-order valence-corrected chi connectivity index (χ3v) is 4.63. The SMILES string of the molecule is C/C=C/CC(C=O)(CCCC)CSc1ccccc1. The first-order chi connectivity index (χ1) is 9.26. The van der Waals surface area contributed by atoms with Gasteiger partial charge in [0.25, 0.3) is 0 Å². The molecule has 1 aromatic carbocycles. The molecule has 0 aliphatic rings. The topological polar surface area (TPSA) is 17.1 Å². The highest BCUT2D eigenvalue weighted by atomic mass is 32.2. The molecule has 0 saturated carbocycles. The maximum atomic E-state index is 11.6. The standard InChI is InChI=1S/C17H24OS/c1-3-5-12-17(14-18,13-6-4-2)15-19-16-10-8-7-9-11-16/h3,5,7-11,14H,4,6,12-13,15H2,1-2H3/b5-3+. The smallest absolute Gasteiger partial charge is 0.127 e. The van der Waals surface area contributed by atoms with Crippen LogP contribution in [0.3, 0.4) is 0 Å². The Bertz CT molecular complexity index is 386. The van der Waals surface area contributed by atoms with Crippen molar-refractivity contribution in [3.63, 3.8) is 0 Å². The summed E-state index contributed by atoms with van der Waals surface area (Å²) in [5.74, 6) is 0.866. The van der Waals surface area contributed by atoms with Crippen molar-refractivity contribution in [1.82, 2.24) is 0 Å². The van der Waals surface area contributed by atoms with Crippen LogP contribution in [-0.4, -0.2) is 12.0 Å². The second kappa shape index (κ2) is 8.98. The Morgan fingerprint density at radius 2 is 2.00 bits per heavy atom. The third kappa shape index (κ3) is 5.65. The number of aldehydes is 1. The Balaban J connectivity index is 2.68. The van der Waals surface area contributed by atoms with Crippen LogP contribution >= 0.6 is 11.8 Å². The predicted octanol–water partition coefficient (Wildman–Crippen LogP) is 5.12. The molecule has 0 saturated heterocycles. The molecule has 104 valence electrons. The molecule has 0 radical (unpaired) electrons. The van der Waals surface area contributed by atoms with Crippen LogP contribution in [0.1, 0.15) is 39.5 Å². The van der Waals surface area contributed by atoms with E-state index in [1.54, 1.807) is 11.8 Å². The van der Waals surface area contributed by atoms with Crippen molar-refractivity contribution in [2.24, 2.45) is 5.41 Å². The van der Waals surface area contributed by atoms with Gasteiger partial charge in [0.05, 0.1) is 0 Å². The van der Waals surface area contributed by atoms with Crippen LogP contribution < -0.4 is 0 Å². The van der Waals surface area contributed by atoms with Crippen molar-refractivity contribution in [3.05, 3.63) is 42.5 Å². The highest BCUT2D eigenvalue weighted by Crippen LogP contribution is 2.34. The molecule has 0 aliphatic heterocycles. The minimum atomic E-state index is -0.205. The van der Waals surface area contributed by atoms with Crippen molar-refractivity contribution in [2.75, 3.05) is 5.75 Å². The van der Waals surface area contributed by atoms with Crippen LogP contribution in [0.5, 0.6) is 0 Å². The van der Waals surface area contributed by atoms with Crippen molar-refractivity contribution in [2.45, 2.75) is 44.4 Å². The molecule has 1 nitrogen and oxygen atoms in total. The lowest BCUT2D eigenvalue weighted by Gasteiger charge is -2.26. The summed E-state index contributed by atoms with van der Waals surface area (Å²) in [7, 11) is 0. The molecular formula is C17H24OS. The van der Waals surface area contributed by atoms with E-state index in [4.69, 9.17) is 0 Å². The third-order valence-electron chi connectivity index (χ3n) is 3.31. The van der Waals surface area contributed by atoms with Gasteiger partial charge in [0.1, 0.15) is 6.29 Å². The van der Waals surface area contributed by atoms with Gasteiger partial charge < -0.3 is 4.79 Å². The van der Waals surface area contributed by atoms with E-state index in [9.17, 15) is 4.79 Å². The Hall–Kier alpha value is -1.02. The van der Waals surface area contributed by atoms with Gasteiger partial charge in [-0.05, 0) is 31.9 Å². The monoisotopic (exact) mass is 276 g/mol. The fraction of sp³-hybridized carbons (Fsp3) is 0.471. The van der Waals surface area contributed by atoms with E-state index >= 15 is 0 Å². The zero-order valence-corrected chi connectivity index (χ0v) is 12.8. The molecule has 0 spiro atoms. The Kier molecular flexibility index (Phi) is 7.57. The van der Waals surface area contributed by atoms with E-state index in [-0.39, 0.29) is 5.41 Å². The van der Waals surface area contributed by atoms with Crippen molar-refractivity contribution in [3.8, 4) is 0 Å². The number of allylic oxidation sites excluding steroid dienone is 2. The molecule has 0 bridgehead atoms. The van der Waals surface area contributed by atoms with Crippen molar-refractivity contribution >= 4 is 18.0 Å². The zero-order chi connectivity index (χ0) is 14.0. The number of hydrogen-bond acceptors (Lipinski definition) is 2. The molecular weight excluding hydrogens is 252 g/mol. The lowest BCUT2D eigenvalue weighted by Crippen LogP contribution is -2.25. The molecule has 0 heterocycles. The van der Waals surface area contributed by atoms with Gasteiger partial charge >= 0.3 is 0 Å². The number of carbonyl (C=O) groups is 1. The highest BCUT2D eigenvalue weighted by molar-refractivity contribution is 7.99. The van der Waals surface area contributed by atoms with Gasteiger partial charge in [-0.1, -0.05) is 50.1 Å². The van der Waals surface area contributed by atoms with Crippen LogP contribution in [0, 0.1) is 5.41 Å². The fourth-order valence-corrected chi connectivity index (χ4v) is 3.13. The molecule has 2 heteroatoms. The molecule has 19 heavy (non-hydrogen) atoms. The quantitative estimate of drug-likeness (QED) is 0.354. The molecule has 1 atom stereocenters. The summed E-state index contributed by atoms with van der Waals surface area (Å²) in [4.78, 5) is 12.9. The summed E-state index contributed by atoms with van der Waals surface area (Å²) < 4.78 is 0. The Morgan fingerprint density at radius 1 is 1.26 bits per heavy atom. The Morgan fingerprint density at radius 3 is 2.58 bits per heavy atom. The van der Waals surface area contributed by atoms with Gasteiger partial charge in [-0.2, -0.15) is 0 Å². The van der Waals surface area contributed by atoms with Gasteiger partial charge in [0, 0.05) is 16.1 Å². The maximum absolute atomic E-state index is 11.6. The van der Waals surface area contributed by atoms with Gasteiger partial charge in [-0.3, -0.25) is 0 Å². The van der Waals surface area contributed by atoms with Crippen LogP contribution in [0.2, 0.25) is 0 Å². The molecule has 0 aliphatic carbocycles. The molecule has 1 aromatic rings. The molecule has 0 N–H and O–H groups in total. The summed E-state index contributed by atoms with van der Waals surface area (Å²) in [6.45, 7) is 4.19. The number of unbranched alkanes of at least 4 members (excludes halogenated alkanes) is 1. The first kappa shape index (κ1) is 16.0. The van der Waals surface area contributed by atoms with Crippen LogP contribution in [-0.2, 0) is 4.79 Å². The minimum absolute atomic E-state index is 0.205. The van der Waals surface area contributed by atoms with Crippen molar-refractivity contribution < 1.29 is 4.79 Å². The largest absolute Gasteiger partial charge is 0.303 e. The summed E-state index contributed by atoms with van der Waals surface area (Å²) >= 11 is 1.79. The second-order valence-corrected chi connectivity index (χ2v) is 6.01. The van der Waals surface area contributed by atoms with E-state index in [0.717, 1.165) is 31.4 Å². The van der Waals surface area contributed by atoms with Crippen LogP contribution in [0.25, 0.3) is 0 Å². The number of carbonyl (C=O) groups excluding carboxylic acids is 1. The lowest BCUT2D eigenvalue weighted by molar-refractivity contribution is -0.115. The molecule has 0 amide bonds. The Labute approximate surface area is 121 Å². The fourth-order valence-electron chi connectivity index (χ4n) is 2.00. The molecule has 1 unspecified atom stereocenters. The van der Waals surface area contributed by atoms with E-state index < -0.39 is 0 Å². The zero-order valence-electron chi connectivity index (χ0n) is 12.0. The van der Waals surface area contributed by atoms with E-state index in [0.29, 0.717) is 0 Å². The number of hydrogen-bond donors (Lipinski definition) is 0. The van der Waals surface area contributed by atoms with Crippen LogP contribution in [0.15, 0.2) is 47.4 Å². The lowest BCUT2D eigenvalue weighted by atomic mass is 9.83. The second-order valence-electron chi connectivity index (χ2n) is 4.96.